The number of amidine groups is 1. The summed E-state index contributed by atoms with van der Waals surface area (Å²) in [5, 5.41) is 2.78. The third-order valence-electron chi connectivity index (χ3n) is 1.99. The molecule has 0 aromatic heterocycles. The normalized spacial score (nSPS) is 18.5. The number of amides is 1. The molecule has 0 atom stereocenters. The fourth-order valence-electron chi connectivity index (χ4n) is 1.25. The maximum absolute atomic E-state index is 12.4. The molecular formula is C10H7F3N2OS. The number of nitrogens with zero attached hydrogens (tertiary/aromatic N) is 1. The van der Waals surface area contributed by atoms with Crippen molar-refractivity contribution in [1.82, 2.24) is 5.32 Å². The van der Waals surface area contributed by atoms with Crippen molar-refractivity contribution < 1.29 is 18.0 Å². The number of nitrogens with one attached hydrogen (secondary N) is 1. The van der Waals surface area contributed by atoms with Crippen molar-refractivity contribution in [2.45, 2.75) is 6.18 Å². The van der Waals surface area contributed by atoms with Gasteiger partial charge in [0.1, 0.15) is 0 Å². The molecule has 1 N–H and O–H groups in total. The Morgan fingerprint density at radius 3 is 2.71 bits per heavy atom. The number of hydrogen-bond donors (Lipinski definition) is 1. The minimum Gasteiger partial charge on any atom is -0.304 e. The fourth-order valence-corrected chi connectivity index (χ4v) is 1.95. The number of benzene rings is 1. The first-order chi connectivity index (χ1) is 7.95. The molecule has 7 heteroatoms. The zero-order valence-corrected chi connectivity index (χ0v) is 9.23. The van der Waals surface area contributed by atoms with E-state index in [1.165, 1.54) is 23.9 Å². The zero-order chi connectivity index (χ0) is 12.5. The molecule has 3 nitrogen and oxygen atoms in total. The lowest BCUT2D eigenvalue weighted by molar-refractivity contribution is -0.137. The van der Waals surface area contributed by atoms with Crippen LogP contribution in [0.4, 0.5) is 18.9 Å². The molecule has 1 aliphatic heterocycles. The highest BCUT2D eigenvalue weighted by molar-refractivity contribution is 8.15. The Balaban J connectivity index is 2.25. The van der Waals surface area contributed by atoms with E-state index >= 15 is 0 Å². The highest BCUT2D eigenvalue weighted by Crippen LogP contribution is 2.31. The zero-order valence-electron chi connectivity index (χ0n) is 8.41. The Morgan fingerprint density at radius 1 is 1.35 bits per heavy atom. The Morgan fingerprint density at radius 2 is 2.12 bits per heavy atom. The van der Waals surface area contributed by atoms with Crippen LogP contribution in [0.5, 0.6) is 0 Å². The van der Waals surface area contributed by atoms with E-state index in [-0.39, 0.29) is 17.3 Å². The monoisotopic (exact) mass is 260 g/mol. The third kappa shape index (κ3) is 3.00. The largest absolute Gasteiger partial charge is 0.416 e. The van der Waals surface area contributed by atoms with Gasteiger partial charge in [-0.15, -0.1) is 0 Å². The minimum atomic E-state index is -4.39. The summed E-state index contributed by atoms with van der Waals surface area (Å²) in [5.41, 5.74) is -0.585. The Labute approximate surface area is 99.1 Å². The van der Waals surface area contributed by atoms with Crippen LogP contribution < -0.4 is 5.32 Å². The standard InChI is InChI=1S/C10H7F3N2OS/c11-10(12,13)6-2-1-3-7(4-6)14-9-15-8(16)5-17-9/h1-4H,5H2,(H,14,15,16). The summed E-state index contributed by atoms with van der Waals surface area (Å²) in [6.07, 6.45) is -4.39. The summed E-state index contributed by atoms with van der Waals surface area (Å²) >= 11 is 1.17. The first-order valence-corrected chi connectivity index (χ1v) is 5.62. The topological polar surface area (TPSA) is 41.5 Å². The van der Waals surface area contributed by atoms with Crippen molar-refractivity contribution in [3.63, 3.8) is 0 Å². The van der Waals surface area contributed by atoms with Gasteiger partial charge in [-0.25, -0.2) is 4.99 Å². The van der Waals surface area contributed by atoms with E-state index in [1.807, 2.05) is 0 Å². The van der Waals surface area contributed by atoms with Crippen molar-refractivity contribution >= 4 is 28.5 Å². The van der Waals surface area contributed by atoms with Crippen LogP contribution in [0.1, 0.15) is 5.56 Å². The van der Waals surface area contributed by atoms with Crippen LogP contribution in [0.3, 0.4) is 0 Å². The summed E-state index contributed by atoms with van der Waals surface area (Å²) < 4.78 is 37.3. The molecule has 0 bridgehead atoms. The number of alkyl halides is 3. The number of aliphatic imine (C=N–C) groups is 1. The van der Waals surface area contributed by atoms with Gasteiger partial charge in [0.05, 0.1) is 17.0 Å². The Bertz CT molecular complexity index is 485. The number of thioether (sulfide) groups is 1. The second-order valence-corrected chi connectivity index (χ2v) is 4.27. The van der Waals surface area contributed by atoms with Crippen molar-refractivity contribution in [2.24, 2.45) is 4.99 Å². The molecule has 2 rings (SSSR count). The highest BCUT2D eigenvalue weighted by atomic mass is 32.2. The molecule has 0 saturated carbocycles. The molecule has 0 aliphatic carbocycles. The van der Waals surface area contributed by atoms with Gasteiger partial charge >= 0.3 is 6.18 Å². The Hall–Kier alpha value is -1.50. The van der Waals surface area contributed by atoms with Crippen molar-refractivity contribution in [2.75, 3.05) is 5.75 Å². The van der Waals surface area contributed by atoms with E-state index in [4.69, 9.17) is 0 Å². The smallest absolute Gasteiger partial charge is 0.304 e. The first kappa shape index (κ1) is 12.0. The van der Waals surface area contributed by atoms with E-state index in [0.29, 0.717) is 5.17 Å². The van der Waals surface area contributed by atoms with E-state index in [2.05, 4.69) is 10.3 Å². The van der Waals surface area contributed by atoms with Crippen LogP contribution >= 0.6 is 11.8 Å². The van der Waals surface area contributed by atoms with Gasteiger partial charge in [-0.1, -0.05) is 17.8 Å². The van der Waals surface area contributed by atoms with Crippen LogP contribution in [-0.4, -0.2) is 16.8 Å². The molecule has 1 saturated heterocycles. The molecular weight excluding hydrogens is 253 g/mol. The van der Waals surface area contributed by atoms with Crippen molar-refractivity contribution in [3.8, 4) is 0 Å². The SMILES string of the molecule is O=C1CSC(=Nc2cccc(C(F)(F)F)c2)N1. The predicted octanol–water partition coefficient (Wildman–Crippen LogP) is 2.56. The van der Waals surface area contributed by atoms with Crippen LogP contribution in [0.25, 0.3) is 0 Å². The number of hydrogen-bond acceptors (Lipinski definition) is 3. The van der Waals surface area contributed by atoms with Crippen LogP contribution in [0, 0.1) is 0 Å². The molecule has 17 heavy (non-hydrogen) atoms. The van der Waals surface area contributed by atoms with Crippen LogP contribution in [0.2, 0.25) is 0 Å². The molecule has 90 valence electrons. The van der Waals surface area contributed by atoms with Gasteiger partial charge < -0.3 is 5.32 Å². The van der Waals surface area contributed by atoms with Gasteiger partial charge in [0.25, 0.3) is 0 Å². The summed E-state index contributed by atoms with van der Waals surface area (Å²) in [6, 6.07) is 4.65. The molecule has 1 aliphatic rings. The van der Waals surface area contributed by atoms with E-state index in [0.717, 1.165) is 12.1 Å². The van der Waals surface area contributed by atoms with Crippen LogP contribution in [0.15, 0.2) is 29.3 Å². The number of rotatable bonds is 1. The van der Waals surface area contributed by atoms with E-state index in [9.17, 15) is 18.0 Å². The molecule has 1 aromatic carbocycles. The molecule has 1 heterocycles. The molecule has 0 spiro atoms. The lowest BCUT2D eigenvalue weighted by atomic mass is 10.2. The average Bonchev–Trinajstić information content (AvgIpc) is 2.63. The summed E-state index contributed by atoms with van der Waals surface area (Å²) in [4.78, 5) is 14.8. The quantitative estimate of drug-likeness (QED) is 0.843. The number of carbonyl (C=O) groups excluding carboxylic acids is 1. The third-order valence-corrected chi connectivity index (χ3v) is 2.86. The molecule has 1 amide bonds. The number of carbonyl (C=O) groups is 1. The average molecular weight is 260 g/mol. The summed E-state index contributed by atoms with van der Waals surface area (Å²) in [5.74, 6) is 0.0540. The van der Waals surface area contributed by atoms with Gasteiger partial charge in [0.2, 0.25) is 5.91 Å². The van der Waals surface area contributed by atoms with Crippen molar-refractivity contribution in [1.29, 1.82) is 0 Å². The van der Waals surface area contributed by atoms with Crippen molar-refractivity contribution in [3.05, 3.63) is 29.8 Å². The summed E-state index contributed by atoms with van der Waals surface area (Å²) in [6.45, 7) is 0. The number of halogens is 3. The minimum absolute atomic E-state index is 0.171. The second-order valence-electron chi connectivity index (χ2n) is 3.30. The van der Waals surface area contributed by atoms with Crippen LogP contribution in [-0.2, 0) is 11.0 Å². The van der Waals surface area contributed by atoms with Gasteiger partial charge in [-0.05, 0) is 18.2 Å². The summed E-state index contributed by atoms with van der Waals surface area (Å²) in [7, 11) is 0. The molecule has 1 fully saturated rings. The fraction of sp³-hybridized carbons (Fsp3) is 0.200. The lowest BCUT2D eigenvalue weighted by Crippen LogP contribution is -2.19. The highest BCUT2D eigenvalue weighted by Gasteiger charge is 2.30. The molecule has 1 aromatic rings. The van der Waals surface area contributed by atoms with Gasteiger partial charge in [-0.3, -0.25) is 4.79 Å². The second kappa shape index (κ2) is 4.40. The predicted molar refractivity (Wildman–Crippen MR) is 59.1 cm³/mol. The Kier molecular flexibility index (Phi) is 3.10. The lowest BCUT2D eigenvalue weighted by Gasteiger charge is -2.06. The van der Waals surface area contributed by atoms with Gasteiger partial charge in [-0.2, -0.15) is 13.2 Å². The van der Waals surface area contributed by atoms with Gasteiger partial charge in [0.15, 0.2) is 5.17 Å². The molecule has 0 unspecified atom stereocenters. The maximum atomic E-state index is 12.4. The van der Waals surface area contributed by atoms with E-state index < -0.39 is 11.7 Å². The van der Waals surface area contributed by atoms with Gasteiger partial charge in [0, 0.05) is 0 Å². The molecule has 0 radical (unpaired) electrons. The first-order valence-electron chi connectivity index (χ1n) is 4.64. The maximum Gasteiger partial charge on any atom is 0.416 e. The van der Waals surface area contributed by atoms with E-state index in [1.54, 1.807) is 0 Å².